The number of amides is 6. The van der Waals surface area contributed by atoms with Crippen LogP contribution in [0.2, 0.25) is 0 Å². The molecule has 6 aliphatic rings. The van der Waals surface area contributed by atoms with Crippen LogP contribution in [0.15, 0.2) is 0 Å². The third-order valence-electron chi connectivity index (χ3n) is 16.9. The zero-order valence-electron chi connectivity index (χ0n) is 53.5. The van der Waals surface area contributed by atoms with E-state index >= 15 is 0 Å². The van der Waals surface area contributed by atoms with Crippen molar-refractivity contribution in [1.29, 1.82) is 0 Å². The molecule has 0 aromatic carbocycles. The van der Waals surface area contributed by atoms with Gasteiger partial charge in [-0.3, -0.25) is 46.9 Å². The topological polar surface area (TPSA) is 526 Å². The van der Waals surface area contributed by atoms with Gasteiger partial charge in [0.25, 0.3) is 0 Å². The van der Waals surface area contributed by atoms with Crippen molar-refractivity contribution in [2.75, 3.05) is 79.1 Å². The molecule has 0 bridgehead atoms. The molecule has 0 radical (unpaired) electrons. The average molecular weight is 1430 g/mol. The largest absolute Gasteiger partial charge is 0.566 e. The van der Waals surface area contributed by atoms with E-state index in [9.17, 15) is 98.0 Å². The Labute approximate surface area is 549 Å². The molecule has 37 nitrogen and oxygen atoms in total. The van der Waals surface area contributed by atoms with Crippen molar-refractivity contribution >= 4 is 59.3 Å². The minimum absolute atomic E-state index is 0.0239. The summed E-state index contributed by atoms with van der Waals surface area (Å²) < 4.78 is 100. The van der Waals surface area contributed by atoms with E-state index in [2.05, 4.69) is 16.0 Å². The van der Waals surface area contributed by atoms with Crippen LogP contribution in [0.4, 0.5) is 0 Å². The molecular weight excluding hydrogens is 1330 g/mol. The number of carbonyl (C=O) groups is 6. The quantitative estimate of drug-likeness (QED) is 0.0208. The van der Waals surface area contributed by atoms with Crippen LogP contribution in [0.25, 0.3) is 0 Å². The first-order chi connectivity index (χ1) is 44.9. The smallest absolute Gasteiger partial charge is 0.488 e. The van der Waals surface area contributed by atoms with Gasteiger partial charge in [0, 0.05) is 85.9 Å². The van der Waals surface area contributed by atoms with Crippen LogP contribution < -0.4 is 20.8 Å². The molecule has 0 saturated carbocycles. The molecule has 6 saturated heterocycles. The fourth-order valence-electron chi connectivity index (χ4n) is 12.4. The number of phosphoric ester groups is 2. The lowest BCUT2D eigenvalue weighted by atomic mass is 9.97. The maximum absolute atomic E-state index is 14.1. The highest BCUT2D eigenvalue weighted by atomic mass is 31.2. The van der Waals surface area contributed by atoms with Gasteiger partial charge in [0.2, 0.25) is 35.4 Å². The molecule has 6 aliphatic heterocycles. The molecule has 0 aliphatic carbocycles. The Bertz CT molecular complexity index is 2610. The predicted octanol–water partition coefficient (Wildman–Crippen LogP) is -4.12. The highest BCUT2D eigenvalue weighted by molar-refractivity contribution is 7.47. The van der Waals surface area contributed by atoms with Crippen molar-refractivity contribution in [3.05, 3.63) is 0 Å². The number of aliphatic hydroxyl groups is 8. The molecular formula is C55H95N6O31P3. The lowest BCUT2D eigenvalue weighted by molar-refractivity contribution is -0.270. The molecule has 17 unspecified atom stereocenters. The Morgan fingerprint density at radius 3 is 1.29 bits per heavy atom. The van der Waals surface area contributed by atoms with E-state index in [0.717, 1.165) is 0 Å². The number of hydrogen-bond acceptors (Lipinski definition) is 29. The fourth-order valence-corrected chi connectivity index (χ4v) is 14.6. The first-order valence-corrected chi connectivity index (χ1v) is 35.8. The van der Waals surface area contributed by atoms with Crippen molar-refractivity contribution in [3.63, 3.8) is 0 Å². The summed E-state index contributed by atoms with van der Waals surface area (Å²) in [6.45, 7) is 1.58. The Balaban J connectivity index is 1.04. The van der Waals surface area contributed by atoms with Gasteiger partial charge in [0.15, 0.2) is 18.9 Å². The number of nitrogens with zero attached hydrogens (tertiary/aromatic N) is 3. The van der Waals surface area contributed by atoms with Crippen LogP contribution >= 0.6 is 23.9 Å². The van der Waals surface area contributed by atoms with Gasteiger partial charge in [-0.1, -0.05) is 6.92 Å². The van der Waals surface area contributed by atoms with E-state index in [0.29, 0.717) is 25.8 Å². The molecule has 546 valence electrons. The summed E-state index contributed by atoms with van der Waals surface area (Å²) in [5.74, 6) is -2.97. The number of hydrogen-bond donors (Lipinski definition) is 13. The van der Waals surface area contributed by atoms with Gasteiger partial charge in [-0.05, 0) is 68.3 Å². The highest BCUT2D eigenvalue weighted by Crippen LogP contribution is 2.50. The monoisotopic (exact) mass is 1430 g/mol. The molecule has 0 aromatic rings. The Kier molecular flexibility index (Phi) is 32.5. The summed E-state index contributed by atoms with van der Waals surface area (Å²) in [4.78, 5) is 114. The zero-order chi connectivity index (χ0) is 69.9. The summed E-state index contributed by atoms with van der Waals surface area (Å²) in [6, 6.07) is -6.06. The predicted molar refractivity (Wildman–Crippen MR) is 318 cm³/mol. The van der Waals surface area contributed by atoms with Crippen molar-refractivity contribution in [2.24, 2.45) is 5.92 Å². The summed E-state index contributed by atoms with van der Waals surface area (Å²) in [6.07, 6.45) is -15.5. The molecule has 6 rings (SSSR count). The Morgan fingerprint density at radius 1 is 0.526 bits per heavy atom. The zero-order valence-corrected chi connectivity index (χ0v) is 56.1. The lowest BCUT2D eigenvalue weighted by Crippen LogP contribution is -2.64. The second kappa shape index (κ2) is 38.3. The van der Waals surface area contributed by atoms with Crippen molar-refractivity contribution < 1.29 is 149 Å². The minimum Gasteiger partial charge on any atom is -0.566 e. The van der Waals surface area contributed by atoms with Gasteiger partial charge < -0.3 is 115 Å². The molecule has 40 heteroatoms. The number of likely N-dealkylation sites (tertiary alicyclic amines) is 3. The number of carbonyl (C=O) groups excluding carboxylic acids is 6. The van der Waals surface area contributed by atoms with Gasteiger partial charge >= 0.3 is 23.9 Å². The van der Waals surface area contributed by atoms with E-state index < -0.39 is 203 Å². The average Bonchev–Trinajstić information content (AvgIpc) is 1.82. The summed E-state index contributed by atoms with van der Waals surface area (Å²) in [5, 5.41) is 88.9. The van der Waals surface area contributed by atoms with Gasteiger partial charge in [0.05, 0.1) is 75.6 Å². The van der Waals surface area contributed by atoms with E-state index in [1.807, 2.05) is 6.92 Å². The molecule has 6 amide bonds. The van der Waals surface area contributed by atoms with Crippen LogP contribution in [-0.4, -0.2) is 296 Å². The van der Waals surface area contributed by atoms with E-state index in [1.54, 1.807) is 4.90 Å². The maximum atomic E-state index is 14.1. The van der Waals surface area contributed by atoms with E-state index in [1.165, 1.54) is 30.6 Å². The summed E-state index contributed by atoms with van der Waals surface area (Å²) in [5.41, 5.74) is 0. The number of aliphatic hydroxyl groups excluding tert-OH is 8. The minimum atomic E-state index is -5.14. The Morgan fingerprint density at radius 2 is 0.905 bits per heavy atom. The number of phosphoric acid groups is 2. The molecule has 13 N–H and O–H groups in total. The lowest BCUT2D eigenvalue weighted by Gasteiger charge is -2.42. The van der Waals surface area contributed by atoms with Gasteiger partial charge in [-0.25, -0.2) is 9.13 Å². The van der Waals surface area contributed by atoms with Crippen LogP contribution in [0.3, 0.4) is 0 Å². The highest BCUT2D eigenvalue weighted by Gasteiger charge is 2.49. The molecule has 0 aromatic heterocycles. The number of nitrogens with one attached hydrogen (secondary N) is 3. The van der Waals surface area contributed by atoms with Gasteiger partial charge in [0.1, 0.15) is 61.4 Å². The third kappa shape index (κ3) is 24.7. The third-order valence-corrected chi connectivity index (χ3v) is 19.4. The van der Waals surface area contributed by atoms with Gasteiger partial charge in [-0.15, -0.1) is 4.52 Å². The number of rotatable bonds is 37. The molecule has 95 heavy (non-hydrogen) atoms. The van der Waals surface area contributed by atoms with Crippen LogP contribution in [0.1, 0.15) is 111 Å². The standard InChI is InChI=1S/C55H95N6O31P3/c1-30-17-34(59(21-30)43(69)11-5-8-14-82-53-46(56-31(2)65)40(68)20-39(24-62)88-53)28-86-94(78,79)92-38-19-36(61(23-38)45(71)13-7-10-16-84-55-48(58-33(4)67)52(75)50(73)42(26-64)90-55)29-87-95(80,81)91-37-18-35(27-85-93(76)77)60(22-37)44(70)12-6-9-15-83-54-47(57-32(3)66)51(74)49(72)41(25-63)89-54/h30,34-42,46-55,62-64,68,72-75H,5-29H2,1-4H3,(H,56,65)(H,57,66)(H,58,67)(H,78,79)(H,80,81)/t30-,34+,35+,36+,37-,38-,39?,40?,41?,42?,46?,47?,48?,49?,50?,51?,52?,53?,54?,55?/m1/s1. The van der Waals surface area contributed by atoms with Crippen LogP contribution in [0, 0.1) is 5.92 Å². The van der Waals surface area contributed by atoms with Crippen LogP contribution in [0.5, 0.6) is 0 Å². The first-order valence-electron chi connectivity index (χ1n) is 31.8. The fraction of sp³-hybridized carbons (Fsp3) is 0.891. The first kappa shape index (κ1) is 80.5. The van der Waals surface area contributed by atoms with Crippen LogP contribution in [-0.2, 0) is 93.5 Å². The molecule has 6 fully saturated rings. The number of ether oxygens (including phenoxy) is 6. The summed E-state index contributed by atoms with van der Waals surface area (Å²) >= 11 is 0. The second-order valence-electron chi connectivity index (χ2n) is 24.6. The van der Waals surface area contributed by atoms with Crippen molar-refractivity contribution in [2.45, 2.75) is 227 Å². The molecule has 6 heterocycles. The second-order valence-corrected chi connectivity index (χ2v) is 28.1. The van der Waals surface area contributed by atoms with Crippen molar-refractivity contribution in [3.8, 4) is 0 Å². The number of unbranched alkanes of at least 4 members (excludes halogenated alkanes) is 3. The SMILES string of the molecule is CC(=O)NC1C(O)CC(CO)OC1OCCCCC(=O)N1C[C@H](C)C[C@H]1COP(=O)(O)O[C@@H]1C[C@@H](COP(=O)(O)O[C@@H]2C[C@@H](CO[P+](=O)[O-])N(C(=O)CCCCOC3OC(CO)C(O)C(O)C3NC(C)=O)C2)N(C(=O)CCCCOC2OC(CO)C(O)C(O)C2NC(C)=O)C1. The summed E-state index contributed by atoms with van der Waals surface area (Å²) in [7, 11) is -13.5. The van der Waals surface area contributed by atoms with E-state index in [4.69, 9.17) is 51.0 Å². The normalized spacial score (nSPS) is 34.1. The molecule has 23 atom stereocenters. The molecule has 0 spiro atoms. The van der Waals surface area contributed by atoms with E-state index in [-0.39, 0.29) is 116 Å². The van der Waals surface area contributed by atoms with Crippen molar-refractivity contribution in [1.82, 2.24) is 30.7 Å². The maximum Gasteiger partial charge on any atom is 0.488 e. The Hall–Kier alpha value is -3.50. The van der Waals surface area contributed by atoms with Gasteiger partial charge in [-0.2, -0.15) is 0 Å².